The van der Waals surface area contributed by atoms with Gasteiger partial charge >= 0.3 is 11.7 Å². The molecule has 37 heavy (non-hydrogen) atoms. The molecule has 3 rings (SSSR count). The molecular weight excluding hydrogens is 477 g/mol. The zero-order valence-electron chi connectivity index (χ0n) is 22.4. The second kappa shape index (κ2) is 20.3. The van der Waals surface area contributed by atoms with Gasteiger partial charge in [0.25, 0.3) is 0 Å². The lowest BCUT2D eigenvalue weighted by Crippen LogP contribution is -2.44. The lowest BCUT2D eigenvalue weighted by atomic mass is 10.3. The quantitative estimate of drug-likeness (QED) is 0.443. The number of fused-ring (bicyclic) bond motifs is 1. The van der Waals surface area contributed by atoms with Gasteiger partial charge in [-0.1, -0.05) is 44.1 Å². The van der Waals surface area contributed by atoms with Gasteiger partial charge in [0.1, 0.15) is 11.8 Å². The highest BCUT2D eigenvalue weighted by Crippen LogP contribution is 2.22. The van der Waals surface area contributed by atoms with Crippen LogP contribution in [0.1, 0.15) is 41.0 Å². The van der Waals surface area contributed by atoms with Crippen molar-refractivity contribution in [2.24, 2.45) is 0 Å². The molecule has 1 fully saturated rings. The first-order valence-electron chi connectivity index (χ1n) is 12.1. The number of piperazine rings is 1. The molecule has 0 bridgehead atoms. The number of rotatable bonds is 6. The molecule has 3 heterocycles. The first-order chi connectivity index (χ1) is 18.0. The van der Waals surface area contributed by atoms with Crippen molar-refractivity contribution in [2.45, 2.75) is 54.1 Å². The normalized spacial score (nSPS) is 12.3. The fourth-order valence-corrected chi connectivity index (χ4v) is 3.09. The van der Waals surface area contributed by atoms with Crippen molar-refractivity contribution in [2.75, 3.05) is 37.8 Å². The highest BCUT2D eigenvalue weighted by atomic mass is 19.1. The third-order valence-corrected chi connectivity index (χ3v) is 4.68. The van der Waals surface area contributed by atoms with Gasteiger partial charge in [-0.25, -0.2) is 23.9 Å². The Morgan fingerprint density at radius 2 is 1.81 bits per heavy atom. The van der Waals surface area contributed by atoms with E-state index in [1.165, 1.54) is 0 Å². The number of hydrogen-bond donors (Lipinski definition) is 2. The lowest BCUT2D eigenvalue weighted by Gasteiger charge is -2.28. The molecule has 0 spiro atoms. The molecule has 2 aromatic heterocycles. The van der Waals surface area contributed by atoms with E-state index in [-0.39, 0.29) is 5.69 Å². The third kappa shape index (κ3) is 11.1. The smallest absolute Gasteiger partial charge is 0.335 e. The Labute approximate surface area is 218 Å². The Morgan fingerprint density at radius 1 is 1.19 bits per heavy atom. The van der Waals surface area contributed by atoms with E-state index in [0.29, 0.717) is 25.2 Å². The van der Waals surface area contributed by atoms with Crippen LogP contribution in [0.2, 0.25) is 0 Å². The van der Waals surface area contributed by atoms with Crippen molar-refractivity contribution in [3.8, 4) is 17.9 Å². The van der Waals surface area contributed by atoms with Gasteiger partial charge < -0.3 is 15.3 Å². The number of nitriles is 1. The maximum absolute atomic E-state index is 12.9. The summed E-state index contributed by atoms with van der Waals surface area (Å²) in [6.07, 6.45) is 9.64. The van der Waals surface area contributed by atoms with Crippen LogP contribution in [-0.4, -0.2) is 63.0 Å². The molecule has 0 unspecified atom stereocenters. The molecule has 1 aliphatic rings. The Kier molecular flexibility index (Phi) is 18.1. The van der Waals surface area contributed by atoms with E-state index in [9.17, 15) is 9.18 Å². The minimum atomic E-state index is -1.41. The zero-order valence-corrected chi connectivity index (χ0v) is 22.4. The Hall–Kier alpha value is -3.96. The highest BCUT2D eigenvalue weighted by molar-refractivity contribution is 5.84. The lowest BCUT2D eigenvalue weighted by molar-refractivity contribution is -0.137. The molecule has 10 nitrogen and oxygen atoms in total. The predicted octanol–water partition coefficient (Wildman–Crippen LogP) is 3.14. The summed E-state index contributed by atoms with van der Waals surface area (Å²) in [5, 5.41) is 18.6. The van der Waals surface area contributed by atoms with Crippen LogP contribution in [0.15, 0.2) is 35.4 Å². The standard InChI is InChI=1S/C17H22N6O.C5H7N.C2H3FO2.C2H6/c1-3-5-9-22-14-15(21-11-7-18-8-12-21)19-13-20-16(14)23(17(22)24)10-6-4-2;1-2-3-4-5-6;3-1-2(4)5;1-2/h4,6,13,18H,7-12H2,1-2H3;2-3H,4H2,1H3;1H2,(H,4,5);1-2H3/b6-4+;3-2-;;. The summed E-state index contributed by atoms with van der Waals surface area (Å²) in [6.45, 7) is 12.7. The van der Waals surface area contributed by atoms with Crippen molar-refractivity contribution in [1.82, 2.24) is 24.4 Å². The number of imidazole rings is 1. The average molecular weight is 516 g/mol. The number of aromatic nitrogens is 4. The molecule has 0 amide bonds. The van der Waals surface area contributed by atoms with E-state index in [1.807, 2.05) is 58.1 Å². The predicted molar refractivity (Wildman–Crippen MR) is 145 cm³/mol. The average Bonchev–Trinajstić information content (AvgIpc) is 3.21. The van der Waals surface area contributed by atoms with Gasteiger partial charge in [-0.2, -0.15) is 5.26 Å². The van der Waals surface area contributed by atoms with Crippen molar-refractivity contribution in [1.29, 1.82) is 5.26 Å². The Bertz CT molecular complexity index is 1160. The topological polar surface area (TPSA) is 129 Å². The number of anilines is 1. The van der Waals surface area contributed by atoms with Crippen molar-refractivity contribution >= 4 is 23.0 Å². The summed E-state index contributed by atoms with van der Waals surface area (Å²) >= 11 is 0. The van der Waals surface area contributed by atoms with Crippen molar-refractivity contribution in [3.05, 3.63) is 41.1 Å². The second-order valence-electron chi connectivity index (χ2n) is 7.04. The molecule has 0 saturated carbocycles. The van der Waals surface area contributed by atoms with Gasteiger partial charge in [-0.3, -0.25) is 9.13 Å². The van der Waals surface area contributed by atoms with Crippen LogP contribution in [0, 0.1) is 23.2 Å². The number of carbonyl (C=O) groups is 1. The first kappa shape index (κ1) is 33.0. The Morgan fingerprint density at radius 3 is 2.30 bits per heavy atom. The van der Waals surface area contributed by atoms with E-state index in [1.54, 1.807) is 22.4 Å². The van der Waals surface area contributed by atoms with Gasteiger partial charge in [0, 0.05) is 32.7 Å². The van der Waals surface area contributed by atoms with Gasteiger partial charge in [-0.05, 0) is 20.8 Å². The number of carboxylic acid groups (broad SMARTS) is 1. The number of halogens is 1. The maximum atomic E-state index is 12.9. The number of hydrogen-bond acceptors (Lipinski definition) is 7. The summed E-state index contributed by atoms with van der Waals surface area (Å²) < 4.78 is 13.9. The maximum Gasteiger partial charge on any atom is 0.335 e. The summed E-state index contributed by atoms with van der Waals surface area (Å²) in [6, 6.07) is 1.98. The van der Waals surface area contributed by atoms with Gasteiger partial charge in [-0.15, -0.1) is 5.92 Å². The molecule has 11 heteroatoms. The van der Waals surface area contributed by atoms with Crippen LogP contribution >= 0.6 is 0 Å². The number of alkyl halides is 1. The largest absolute Gasteiger partial charge is 0.479 e. The molecule has 1 aliphatic heterocycles. The molecular formula is C26H38FN7O3. The van der Waals surface area contributed by atoms with E-state index in [4.69, 9.17) is 15.2 Å². The number of aliphatic carboxylic acids is 1. The molecule has 0 atom stereocenters. The highest BCUT2D eigenvalue weighted by Gasteiger charge is 2.22. The van der Waals surface area contributed by atoms with Gasteiger partial charge in [0.15, 0.2) is 18.1 Å². The summed E-state index contributed by atoms with van der Waals surface area (Å²) in [5.74, 6) is 5.26. The van der Waals surface area contributed by atoms with E-state index < -0.39 is 12.6 Å². The van der Waals surface area contributed by atoms with Gasteiger partial charge in [0.2, 0.25) is 0 Å². The zero-order chi connectivity index (χ0) is 28.1. The van der Waals surface area contributed by atoms with E-state index >= 15 is 0 Å². The minimum Gasteiger partial charge on any atom is -0.479 e. The van der Waals surface area contributed by atoms with Crippen LogP contribution in [0.4, 0.5) is 10.2 Å². The molecule has 0 aromatic carbocycles. The van der Waals surface area contributed by atoms with Crippen LogP contribution in [-0.2, 0) is 17.9 Å². The number of nitrogens with zero attached hydrogens (tertiary/aromatic N) is 6. The number of carboxylic acids is 1. The SMILES string of the molecule is C/C=C\CC#N.CC.CC#CCn1c(=O)n(C/C=C/C)c2ncnc(N3CCNCC3)c21.O=C(O)CF. The molecule has 0 radical (unpaired) electrons. The second-order valence-corrected chi connectivity index (χ2v) is 7.04. The molecule has 202 valence electrons. The van der Waals surface area contributed by atoms with Crippen molar-refractivity contribution in [3.63, 3.8) is 0 Å². The van der Waals surface area contributed by atoms with Crippen LogP contribution in [0.3, 0.4) is 0 Å². The van der Waals surface area contributed by atoms with Crippen molar-refractivity contribution < 1.29 is 14.3 Å². The molecule has 1 saturated heterocycles. The molecule has 2 N–H and O–H groups in total. The third-order valence-electron chi connectivity index (χ3n) is 4.68. The first-order valence-corrected chi connectivity index (χ1v) is 12.1. The van der Waals surface area contributed by atoms with Gasteiger partial charge in [0.05, 0.1) is 19.0 Å². The summed E-state index contributed by atoms with van der Waals surface area (Å²) in [4.78, 5) is 32.9. The van der Waals surface area contributed by atoms with Crippen LogP contribution in [0.25, 0.3) is 11.2 Å². The summed E-state index contributed by atoms with van der Waals surface area (Å²) in [7, 11) is 0. The Balaban J connectivity index is 0.000000833. The monoisotopic (exact) mass is 515 g/mol. The van der Waals surface area contributed by atoms with E-state index in [2.05, 4.69) is 32.0 Å². The molecule has 2 aromatic rings. The summed E-state index contributed by atoms with van der Waals surface area (Å²) in [5.41, 5.74) is 1.35. The van der Waals surface area contributed by atoms with Crippen LogP contribution in [0.5, 0.6) is 0 Å². The number of nitrogens with one attached hydrogen (secondary N) is 1. The fraction of sp³-hybridized carbons (Fsp3) is 0.500. The molecule has 0 aliphatic carbocycles. The number of allylic oxidation sites excluding steroid dienone is 4. The van der Waals surface area contributed by atoms with E-state index in [0.717, 1.165) is 37.5 Å². The van der Waals surface area contributed by atoms with Crippen LogP contribution < -0.4 is 15.9 Å². The fourth-order valence-electron chi connectivity index (χ4n) is 3.09. The minimum absolute atomic E-state index is 0.0947.